The molecule has 2 unspecified atom stereocenters. The number of aliphatic hydroxyl groups excluding tert-OH is 1. The zero-order chi connectivity index (χ0) is 17.5. The van der Waals surface area contributed by atoms with Gasteiger partial charge in [-0.25, -0.2) is 9.97 Å². The Morgan fingerprint density at radius 1 is 1.42 bits per heavy atom. The second kappa shape index (κ2) is 6.92. The van der Waals surface area contributed by atoms with Gasteiger partial charge < -0.3 is 10.2 Å². The molecule has 0 aliphatic heterocycles. The summed E-state index contributed by atoms with van der Waals surface area (Å²) in [5, 5.41) is 21.8. The summed E-state index contributed by atoms with van der Waals surface area (Å²) >= 11 is 11.1. The summed E-state index contributed by atoms with van der Waals surface area (Å²) < 4.78 is 0.932. The van der Waals surface area contributed by atoms with Crippen molar-refractivity contribution in [1.29, 1.82) is 0 Å². The smallest absolute Gasteiger partial charge is 0.188 e. The third-order valence-electron chi connectivity index (χ3n) is 4.51. The fraction of sp³-hybridized carbons (Fsp3) is 0.412. The second-order valence-corrected chi connectivity index (χ2v) is 8.18. The summed E-state index contributed by atoms with van der Waals surface area (Å²) in [4.78, 5) is 8.65. The summed E-state index contributed by atoms with van der Waals surface area (Å²) in [5.41, 5.74) is 2.11. The Morgan fingerprint density at radius 3 is 2.83 bits per heavy atom. The molecule has 1 aromatic carbocycles. The van der Waals surface area contributed by atoms with Gasteiger partial charge in [0.1, 0.15) is 5.15 Å². The van der Waals surface area contributed by atoms with Crippen LogP contribution in [0.3, 0.4) is 0 Å². The highest BCUT2D eigenvalue weighted by Gasteiger charge is 2.41. The van der Waals surface area contributed by atoms with E-state index in [0.717, 1.165) is 15.6 Å². The fourth-order valence-electron chi connectivity index (χ4n) is 3.40. The monoisotopic (exact) mass is 428 g/mol. The topological polar surface area (TPSA) is 66.2 Å². The number of aliphatic hydroxyl groups is 2. The van der Waals surface area contributed by atoms with Crippen molar-refractivity contribution in [3.8, 4) is 0 Å². The van der Waals surface area contributed by atoms with Crippen LogP contribution >= 0.6 is 39.3 Å². The van der Waals surface area contributed by atoms with Crippen LogP contribution in [-0.4, -0.2) is 26.4 Å². The van der Waals surface area contributed by atoms with Crippen molar-refractivity contribution < 1.29 is 10.2 Å². The first-order chi connectivity index (χ1) is 11.4. The maximum absolute atomic E-state index is 11.4. The van der Waals surface area contributed by atoms with Crippen molar-refractivity contribution in [2.24, 2.45) is 0 Å². The number of hydrogen-bond donors (Lipinski definition) is 2. The first kappa shape index (κ1) is 18.1. The van der Waals surface area contributed by atoms with Crippen LogP contribution in [0.1, 0.15) is 41.6 Å². The van der Waals surface area contributed by atoms with Crippen molar-refractivity contribution >= 4 is 39.3 Å². The number of halogens is 2. The van der Waals surface area contributed by atoms with Crippen LogP contribution in [0.5, 0.6) is 0 Å². The van der Waals surface area contributed by atoms with Crippen LogP contribution in [0, 0.1) is 0 Å². The molecule has 2 N–H and O–H groups in total. The van der Waals surface area contributed by atoms with E-state index >= 15 is 0 Å². The van der Waals surface area contributed by atoms with Crippen molar-refractivity contribution in [3.05, 3.63) is 50.2 Å². The maximum atomic E-state index is 11.4. The molecule has 0 fully saturated rings. The van der Waals surface area contributed by atoms with Crippen molar-refractivity contribution in [3.63, 3.8) is 0 Å². The van der Waals surface area contributed by atoms with Crippen LogP contribution in [-0.2, 0) is 18.6 Å². The Labute approximate surface area is 158 Å². The van der Waals surface area contributed by atoms with Crippen molar-refractivity contribution in [2.45, 2.75) is 43.0 Å². The van der Waals surface area contributed by atoms with Gasteiger partial charge in [0.2, 0.25) is 0 Å². The predicted octanol–water partition coefficient (Wildman–Crippen LogP) is 4.04. The Bertz CT molecular complexity index is 789. The first-order valence-electron chi connectivity index (χ1n) is 7.60. The molecule has 2 aromatic rings. The number of thioether (sulfide) groups is 1. The minimum absolute atomic E-state index is 0.246. The van der Waals surface area contributed by atoms with Gasteiger partial charge in [-0.3, -0.25) is 0 Å². The van der Waals surface area contributed by atoms with Crippen LogP contribution in [0.15, 0.2) is 27.8 Å². The summed E-state index contributed by atoms with van der Waals surface area (Å²) in [7, 11) is 0. The molecule has 1 heterocycles. The number of hydrogen-bond acceptors (Lipinski definition) is 5. The molecule has 0 amide bonds. The van der Waals surface area contributed by atoms with E-state index in [-0.39, 0.29) is 17.7 Å². The molecule has 0 saturated carbocycles. The van der Waals surface area contributed by atoms with Gasteiger partial charge in [-0.05, 0) is 41.9 Å². The van der Waals surface area contributed by atoms with Gasteiger partial charge in [0.15, 0.2) is 5.16 Å². The minimum Gasteiger partial charge on any atom is -0.391 e. The summed E-state index contributed by atoms with van der Waals surface area (Å²) in [5.74, 6) is 0.257. The Balaban J connectivity index is 2.06. The van der Waals surface area contributed by atoms with Crippen LogP contribution < -0.4 is 0 Å². The highest BCUT2D eigenvalue weighted by Crippen LogP contribution is 2.47. The number of benzene rings is 1. The van der Waals surface area contributed by atoms with Crippen LogP contribution in [0.4, 0.5) is 0 Å². The average Bonchev–Trinajstić information content (AvgIpc) is 2.77. The molecule has 4 nitrogen and oxygen atoms in total. The molecular weight excluding hydrogens is 412 g/mol. The SMILES string of the molecule is CSc1nc(Cl)c(CO)c(CC2(O)CC(C)c3ccc(Br)cc32)n1. The molecule has 0 radical (unpaired) electrons. The third kappa shape index (κ3) is 3.22. The van der Waals surface area contributed by atoms with E-state index in [2.05, 4.69) is 38.9 Å². The fourth-order valence-corrected chi connectivity index (χ4v) is 4.45. The first-order valence-corrected chi connectivity index (χ1v) is 10.00. The lowest BCUT2D eigenvalue weighted by Crippen LogP contribution is -2.27. The lowest BCUT2D eigenvalue weighted by Gasteiger charge is -2.25. The normalized spacial score (nSPS) is 22.7. The zero-order valence-electron chi connectivity index (χ0n) is 13.4. The number of nitrogens with zero attached hydrogens (tertiary/aromatic N) is 2. The summed E-state index contributed by atoms with van der Waals surface area (Å²) in [6, 6.07) is 6.01. The number of rotatable bonds is 4. The summed E-state index contributed by atoms with van der Waals surface area (Å²) in [6.45, 7) is 1.86. The van der Waals surface area contributed by atoms with E-state index in [0.29, 0.717) is 29.3 Å². The van der Waals surface area contributed by atoms with E-state index in [4.69, 9.17) is 11.6 Å². The van der Waals surface area contributed by atoms with E-state index in [1.807, 2.05) is 18.4 Å². The van der Waals surface area contributed by atoms with Gasteiger partial charge in [0.05, 0.1) is 17.9 Å². The van der Waals surface area contributed by atoms with E-state index < -0.39 is 5.60 Å². The molecule has 0 bridgehead atoms. The van der Waals surface area contributed by atoms with Gasteiger partial charge >= 0.3 is 0 Å². The third-order valence-corrected chi connectivity index (χ3v) is 5.87. The molecule has 2 atom stereocenters. The highest BCUT2D eigenvalue weighted by atomic mass is 79.9. The van der Waals surface area contributed by atoms with Gasteiger partial charge in [0.25, 0.3) is 0 Å². The van der Waals surface area contributed by atoms with Gasteiger partial charge in [0, 0.05) is 16.5 Å². The van der Waals surface area contributed by atoms with E-state index in [9.17, 15) is 10.2 Å². The molecule has 0 spiro atoms. The Morgan fingerprint density at radius 2 is 2.17 bits per heavy atom. The summed E-state index contributed by atoms with van der Waals surface area (Å²) in [6.07, 6.45) is 2.78. The average molecular weight is 430 g/mol. The van der Waals surface area contributed by atoms with Gasteiger partial charge in [-0.15, -0.1) is 0 Å². The molecule has 3 rings (SSSR count). The van der Waals surface area contributed by atoms with E-state index in [1.165, 1.54) is 11.8 Å². The number of aromatic nitrogens is 2. The van der Waals surface area contributed by atoms with Gasteiger partial charge in [-0.1, -0.05) is 52.3 Å². The van der Waals surface area contributed by atoms with Gasteiger partial charge in [-0.2, -0.15) is 0 Å². The molecule has 1 aliphatic carbocycles. The Kier molecular flexibility index (Phi) is 5.23. The molecular formula is C17H18BrClN2O2S. The Hall–Kier alpha value is -0.660. The zero-order valence-corrected chi connectivity index (χ0v) is 16.5. The number of fused-ring (bicyclic) bond motifs is 1. The molecule has 7 heteroatoms. The lowest BCUT2D eigenvalue weighted by atomic mass is 9.89. The minimum atomic E-state index is -1.03. The second-order valence-electron chi connectivity index (χ2n) is 6.13. The lowest BCUT2D eigenvalue weighted by molar-refractivity contribution is 0.0332. The highest BCUT2D eigenvalue weighted by molar-refractivity contribution is 9.10. The molecule has 128 valence electrons. The van der Waals surface area contributed by atoms with Crippen molar-refractivity contribution in [2.75, 3.05) is 6.26 Å². The molecule has 24 heavy (non-hydrogen) atoms. The van der Waals surface area contributed by atoms with E-state index in [1.54, 1.807) is 0 Å². The standard InChI is InChI=1S/C17H18BrClN2O2S/c1-9-6-17(23,13-5-10(18)3-4-11(9)13)7-14-12(8-22)15(19)21-16(20-14)24-2/h3-5,9,22-23H,6-8H2,1-2H3. The van der Waals surface area contributed by atoms with Crippen LogP contribution in [0.2, 0.25) is 5.15 Å². The maximum Gasteiger partial charge on any atom is 0.188 e. The molecule has 1 aromatic heterocycles. The quantitative estimate of drug-likeness (QED) is 0.436. The molecule has 0 saturated heterocycles. The largest absolute Gasteiger partial charge is 0.391 e. The molecule has 1 aliphatic rings. The predicted molar refractivity (Wildman–Crippen MR) is 99.5 cm³/mol. The van der Waals surface area contributed by atoms with Crippen molar-refractivity contribution in [1.82, 2.24) is 9.97 Å². The van der Waals surface area contributed by atoms with Crippen LogP contribution in [0.25, 0.3) is 0 Å².